The SMILES string of the molecule is Cn1c(C2=C(O)CN(Cc3ccccc3OC(C)(C)C)C2=N)nc2ccccc21. The lowest BCUT2D eigenvalue weighted by molar-refractivity contribution is 0.128. The summed E-state index contributed by atoms with van der Waals surface area (Å²) in [6.07, 6.45) is 0. The molecule has 2 N–H and O–H groups in total. The molecule has 0 saturated heterocycles. The number of ether oxygens (including phenoxy) is 1. The molecule has 0 radical (unpaired) electrons. The van der Waals surface area contributed by atoms with Gasteiger partial charge in [-0.2, -0.15) is 0 Å². The number of fused-ring (bicyclic) bond motifs is 1. The smallest absolute Gasteiger partial charge is 0.148 e. The average molecular weight is 390 g/mol. The summed E-state index contributed by atoms with van der Waals surface area (Å²) in [5.41, 5.74) is 2.97. The molecule has 6 heteroatoms. The van der Waals surface area contributed by atoms with E-state index < -0.39 is 0 Å². The van der Waals surface area contributed by atoms with E-state index >= 15 is 0 Å². The minimum absolute atomic E-state index is 0.169. The number of aliphatic hydroxyl groups excluding tert-OH is 1. The lowest BCUT2D eigenvalue weighted by Gasteiger charge is -2.25. The van der Waals surface area contributed by atoms with Crippen molar-refractivity contribution in [3.05, 3.63) is 65.7 Å². The Labute approximate surface area is 170 Å². The topological polar surface area (TPSA) is 74.4 Å². The summed E-state index contributed by atoms with van der Waals surface area (Å²) in [7, 11) is 1.91. The van der Waals surface area contributed by atoms with Gasteiger partial charge in [0, 0.05) is 19.2 Å². The third kappa shape index (κ3) is 3.58. The molecule has 0 saturated carbocycles. The fourth-order valence-electron chi connectivity index (χ4n) is 3.64. The summed E-state index contributed by atoms with van der Waals surface area (Å²) in [5.74, 6) is 1.84. The number of amidine groups is 1. The van der Waals surface area contributed by atoms with Crippen LogP contribution in [0.3, 0.4) is 0 Å². The van der Waals surface area contributed by atoms with E-state index in [1.54, 1.807) is 0 Å². The van der Waals surface area contributed by atoms with Gasteiger partial charge in [-0.3, -0.25) is 5.41 Å². The fraction of sp³-hybridized carbons (Fsp3) is 0.304. The molecule has 2 aromatic carbocycles. The summed E-state index contributed by atoms with van der Waals surface area (Å²) < 4.78 is 8.01. The van der Waals surface area contributed by atoms with Gasteiger partial charge in [-0.25, -0.2) is 4.98 Å². The Bertz CT molecular complexity index is 1120. The van der Waals surface area contributed by atoms with Crippen molar-refractivity contribution >= 4 is 22.4 Å². The van der Waals surface area contributed by atoms with Crippen LogP contribution in [0.5, 0.6) is 5.75 Å². The molecule has 29 heavy (non-hydrogen) atoms. The van der Waals surface area contributed by atoms with Crippen molar-refractivity contribution in [3.63, 3.8) is 0 Å². The van der Waals surface area contributed by atoms with Crippen molar-refractivity contribution in [1.82, 2.24) is 14.5 Å². The second-order valence-corrected chi connectivity index (χ2v) is 8.33. The van der Waals surface area contributed by atoms with E-state index in [0.717, 1.165) is 22.3 Å². The molecule has 1 aromatic heterocycles. The van der Waals surface area contributed by atoms with Crippen molar-refractivity contribution < 1.29 is 9.84 Å². The van der Waals surface area contributed by atoms with Crippen molar-refractivity contribution in [2.75, 3.05) is 6.54 Å². The normalized spacial score (nSPS) is 14.9. The number of rotatable bonds is 4. The number of imidazole rings is 1. The Morgan fingerprint density at radius 2 is 1.79 bits per heavy atom. The zero-order valence-corrected chi connectivity index (χ0v) is 17.2. The van der Waals surface area contributed by atoms with E-state index in [0.29, 0.717) is 17.9 Å². The number of nitrogens with zero attached hydrogens (tertiary/aromatic N) is 3. The largest absolute Gasteiger partial charge is 0.510 e. The summed E-state index contributed by atoms with van der Waals surface area (Å²) in [5, 5.41) is 19.4. The zero-order valence-electron chi connectivity index (χ0n) is 17.2. The van der Waals surface area contributed by atoms with Gasteiger partial charge in [-0.15, -0.1) is 0 Å². The van der Waals surface area contributed by atoms with Gasteiger partial charge in [-0.1, -0.05) is 30.3 Å². The predicted octanol–water partition coefficient (Wildman–Crippen LogP) is 4.51. The van der Waals surface area contributed by atoms with Gasteiger partial charge >= 0.3 is 0 Å². The number of aliphatic hydroxyl groups is 1. The summed E-state index contributed by atoms with van der Waals surface area (Å²) in [6.45, 7) is 6.79. The lowest BCUT2D eigenvalue weighted by atomic mass is 10.1. The highest BCUT2D eigenvalue weighted by atomic mass is 16.5. The molecule has 150 valence electrons. The van der Waals surface area contributed by atoms with Crippen molar-refractivity contribution in [1.29, 1.82) is 5.41 Å². The molecule has 1 aliphatic rings. The first-order valence-corrected chi connectivity index (χ1v) is 9.69. The van der Waals surface area contributed by atoms with E-state index in [1.165, 1.54) is 0 Å². The molecular weight excluding hydrogens is 364 g/mol. The quantitative estimate of drug-likeness (QED) is 0.687. The van der Waals surface area contributed by atoms with E-state index in [1.807, 2.05) is 85.8 Å². The Balaban J connectivity index is 1.63. The number of aromatic nitrogens is 2. The van der Waals surface area contributed by atoms with Crippen LogP contribution in [0.15, 0.2) is 54.3 Å². The molecule has 1 aliphatic heterocycles. The standard InChI is InChI=1S/C23H26N4O2/c1-23(2,3)29-19-12-8-5-9-15(19)13-27-14-18(28)20(21(27)24)22-25-16-10-6-7-11-17(16)26(22)4/h5-12,24,28H,13-14H2,1-4H3. The molecular formula is C23H26N4O2. The van der Waals surface area contributed by atoms with Gasteiger partial charge in [-0.05, 0) is 39.0 Å². The molecule has 0 atom stereocenters. The number of nitrogens with one attached hydrogen (secondary N) is 1. The Morgan fingerprint density at radius 3 is 2.52 bits per heavy atom. The monoisotopic (exact) mass is 390 g/mol. The molecule has 0 unspecified atom stereocenters. The van der Waals surface area contributed by atoms with Crippen LogP contribution in [0.25, 0.3) is 16.6 Å². The second-order valence-electron chi connectivity index (χ2n) is 8.33. The fourth-order valence-corrected chi connectivity index (χ4v) is 3.64. The second kappa shape index (κ2) is 6.95. The number of aryl methyl sites for hydroxylation is 1. The molecule has 0 amide bonds. The summed E-state index contributed by atoms with van der Waals surface area (Å²) in [4.78, 5) is 6.50. The number of hydrogen-bond donors (Lipinski definition) is 2. The third-order valence-electron chi connectivity index (χ3n) is 4.94. The number of para-hydroxylation sites is 3. The van der Waals surface area contributed by atoms with E-state index in [2.05, 4.69) is 4.98 Å². The number of benzene rings is 2. The van der Waals surface area contributed by atoms with Crippen LogP contribution >= 0.6 is 0 Å². The molecule has 4 rings (SSSR count). The van der Waals surface area contributed by atoms with Gasteiger partial charge in [0.2, 0.25) is 0 Å². The van der Waals surface area contributed by atoms with Crippen LogP contribution in [0.4, 0.5) is 0 Å². The van der Waals surface area contributed by atoms with Crippen LogP contribution in [0, 0.1) is 5.41 Å². The minimum atomic E-state index is -0.312. The molecule has 0 fully saturated rings. The highest BCUT2D eigenvalue weighted by Crippen LogP contribution is 2.31. The van der Waals surface area contributed by atoms with Gasteiger partial charge in [0.05, 0.1) is 23.2 Å². The summed E-state index contributed by atoms with van der Waals surface area (Å²) in [6, 6.07) is 15.7. The van der Waals surface area contributed by atoms with E-state index in [9.17, 15) is 5.11 Å². The predicted molar refractivity (Wildman–Crippen MR) is 115 cm³/mol. The highest BCUT2D eigenvalue weighted by molar-refractivity contribution is 6.23. The van der Waals surface area contributed by atoms with E-state index in [-0.39, 0.29) is 23.7 Å². The maximum atomic E-state index is 10.7. The third-order valence-corrected chi connectivity index (χ3v) is 4.94. The maximum absolute atomic E-state index is 10.7. The molecule has 6 nitrogen and oxygen atoms in total. The van der Waals surface area contributed by atoms with Gasteiger partial charge in [0.15, 0.2) is 0 Å². The minimum Gasteiger partial charge on any atom is -0.510 e. The molecule has 2 heterocycles. The van der Waals surface area contributed by atoms with Crippen LogP contribution in [0.1, 0.15) is 32.2 Å². The average Bonchev–Trinajstić information content (AvgIpc) is 3.12. The van der Waals surface area contributed by atoms with E-state index in [4.69, 9.17) is 10.1 Å². The first-order valence-electron chi connectivity index (χ1n) is 9.69. The first kappa shape index (κ1) is 19.1. The lowest BCUT2D eigenvalue weighted by Crippen LogP contribution is -2.28. The van der Waals surface area contributed by atoms with Crippen LogP contribution in [-0.2, 0) is 13.6 Å². The molecule has 0 aliphatic carbocycles. The molecule has 0 spiro atoms. The summed E-state index contributed by atoms with van der Waals surface area (Å²) >= 11 is 0. The Kier molecular flexibility index (Phi) is 4.57. The zero-order chi connectivity index (χ0) is 20.8. The Morgan fingerprint density at radius 1 is 1.10 bits per heavy atom. The van der Waals surface area contributed by atoms with Crippen LogP contribution in [-0.4, -0.2) is 37.5 Å². The van der Waals surface area contributed by atoms with Gasteiger partial charge in [0.25, 0.3) is 0 Å². The molecule has 3 aromatic rings. The maximum Gasteiger partial charge on any atom is 0.148 e. The van der Waals surface area contributed by atoms with Crippen LogP contribution < -0.4 is 4.74 Å². The van der Waals surface area contributed by atoms with Crippen molar-refractivity contribution in [2.24, 2.45) is 7.05 Å². The van der Waals surface area contributed by atoms with Crippen molar-refractivity contribution in [2.45, 2.75) is 32.9 Å². The molecule has 0 bridgehead atoms. The number of hydrogen-bond acceptors (Lipinski definition) is 4. The first-order chi connectivity index (χ1) is 13.7. The van der Waals surface area contributed by atoms with Gasteiger partial charge < -0.3 is 19.3 Å². The van der Waals surface area contributed by atoms with Crippen LogP contribution in [0.2, 0.25) is 0 Å². The van der Waals surface area contributed by atoms with Gasteiger partial charge in [0.1, 0.15) is 28.8 Å². The Hall–Kier alpha value is -3.28. The highest BCUT2D eigenvalue weighted by Gasteiger charge is 2.32. The van der Waals surface area contributed by atoms with Crippen molar-refractivity contribution in [3.8, 4) is 5.75 Å².